The molecule has 0 aliphatic heterocycles. The fourth-order valence-corrected chi connectivity index (χ4v) is 4.36. The molecule has 0 aliphatic rings. The molecule has 5 aromatic rings. The Bertz CT molecular complexity index is 1480. The van der Waals surface area contributed by atoms with E-state index in [1.54, 1.807) is 0 Å². The fourth-order valence-electron chi connectivity index (χ4n) is 4.36. The minimum absolute atomic E-state index is 0.775. The second-order valence-corrected chi connectivity index (χ2v) is 8.32. The number of fused-ring (bicyclic) bond motifs is 2. The van der Waals surface area contributed by atoms with E-state index in [4.69, 9.17) is 4.98 Å². The van der Waals surface area contributed by atoms with Crippen molar-refractivity contribution in [3.63, 3.8) is 0 Å². The highest BCUT2D eigenvalue weighted by molar-refractivity contribution is 5.85. The van der Waals surface area contributed by atoms with Gasteiger partial charge in [0.15, 0.2) is 0 Å². The maximum atomic E-state index is 4.98. The Hall–Kier alpha value is -4.13. The Labute approximate surface area is 199 Å². The molecule has 0 aliphatic carbocycles. The number of rotatable bonds is 6. The average Bonchev–Trinajstić information content (AvgIpc) is 3.19. The largest absolute Gasteiger partial charge is 0.421 e. The van der Waals surface area contributed by atoms with Gasteiger partial charge in [-0.25, -0.2) is 14.1 Å². The Morgan fingerprint density at radius 2 is 1.59 bits per heavy atom. The van der Waals surface area contributed by atoms with Gasteiger partial charge in [-0.2, -0.15) is 0 Å². The fraction of sp³-hybridized carbons (Fsp3) is 0.222. The standard InChI is InChI=1S/C27H29N7/c1-5-33(6-2)22-13-15-24-26(19-22)34(21-10-8-7-9-11-21)25-18-20(12-14-23(25)28-24)29-30-27-31(3)16-17-32(27)4/h7-19H,5-6H2,1-4H3/q+2. The van der Waals surface area contributed by atoms with Crippen LogP contribution in [0.25, 0.3) is 27.8 Å². The summed E-state index contributed by atoms with van der Waals surface area (Å²) in [6, 6.07) is 23.0. The number of hydrogen-bond acceptors (Lipinski definition) is 4. The molecule has 170 valence electrons. The topological polar surface area (TPSA) is 53.5 Å². The molecule has 2 heterocycles. The number of para-hydroxylation sites is 1. The normalized spacial score (nSPS) is 11.6. The van der Waals surface area contributed by atoms with Crippen LogP contribution in [0.3, 0.4) is 0 Å². The quantitative estimate of drug-likeness (QED) is 0.205. The molecule has 0 bridgehead atoms. The van der Waals surface area contributed by atoms with Crippen LogP contribution in [0.4, 0.5) is 17.3 Å². The second kappa shape index (κ2) is 9.02. The van der Waals surface area contributed by atoms with E-state index in [9.17, 15) is 0 Å². The van der Waals surface area contributed by atoms with E-state index in [0.29, 0.717) is 0 Å². The molecule has 0 unspecified atom stereocenters. The van der Waals surface area contributed by atoms with Gasteiger partial charge in [0.1, 0.15) is 16.7 Å². The van der Waals surface area contributed by atoms with Crippen molar-refractivity contribution in [3.8, 4) is 5.69 Å². The first-order valence-corrected chi connectivity index (χ1v) is 11.6. The summed E-state index contributed by atoms with van der Waals surface area (Å²) in [5, 5.41) is 9.02. The highest BCUT2D eigenvalue weighted by Crippen LogP contribution is 2.26. The maximum Gasteiger partial charge on any atom is 0.421 e. The van der Waals surface area contributed by atoms with Crippen molar-refractivity contribution in [2.45, 2.75) is 13.8 Å². The lowest BCUT2D eigenvalue weighted by Gasteiger charge is -2.20. The lowest BCUT2D eigenvalue weighted by Crippen LogP contribution is -2.33. The predicted molar refractivity (Wildman–Crippen MR) is 135 cm³/mol. The highest BCUT2D eigenvalue weighted by Gasteiger charge is 2.21. The third-order valence-corrected chi connectivity index (χ3v) is 6.18. The first-order chi connectivity index (χ1) is 16.6. The lowest BCUT2D eigenvalue weighted by molar-refractivity contribution is -0.657. The van der Waals surface area contributed by atoms with E-state index in [1.807, 2.05) is 53.8 Å². The highest BCUT2D eigenvalue weighted by atomic mass is 15.3. The lowest BCUT2D eigenvalue weighted by atomic mass is 10.1. The van der Waals surface area contributed by atoms with Gasteiger partial charge >= 0.3 is 5.95 Å². The third kappa shape index (κ3) is 3.90. The van der Waals surface area contributed by atoms with E-state index in [-0.39, 0.29) is 0 Å². The Balaban J connectivity index is 1.74. The van der Waals surface area contributed by atoms with Gasteiger partial charge in [-0.05, 0) is 38.1 Å². The molecule has 0 atom stereocenters. The van der Waals surface area contributed by atoms with Crippen LogP contribution in [-0.4, -0.2) is 22.6 Å². The van der Waals surface area contributed by atoms with Gasteiger partial charge < -0.3 is 4.90 Å². The van der Waals surface area contributed by atoms with Crippen molar-refractivity contribution >= 4 is 39.4 Å². The average molecular weight is 452 g/mol. The van der Waals surface area contributed by atoms with Crippen LogP contribution < -0.4 is 14.0 Å². The summed E-state index contributed by atoms with van der Waals surface area (Å²) in [7, 11) is 3.92. The van der Waals surface area contributed by atoms with Gasteiger partial charge in [0, 0.05) is 48.2 Å². The van der Waals surface area contributed by atoms with Gasteiger partial charge in [-0.1, -0.05) is 23.3 Å². The van der Waals surface area contributed by atoms with Crippen LogP contribution in [0, 0.1) is 0 Å². The zero-order chi connectivity index (χ0) is 23.7. The van der Waals surface area contributed by atoms with Gasteiger partial charge in [0.25, 0.3) is 0 Å². The van der Waals surface area contributed by atoms with Crippen molar-refractivity contribution in [1.29, 1.82) is 0 Å². The van der Waals surface area contributed by atoms with Crippen LogP contribution in [-0.2, 0) is 14.1 Å². The molecule has 0 saturated carbocycles. The number of anilines is 1. The van der Waals surface area contributed by atoms with Crippen molar-refractivity contribution in [1.82, 2.24) is 9.55 Å². The first-order valence-electron chi connectivity index (χ1n) is 11.6. The Kier molecular flexibility index (Phi) is 5.76. The molecule has 0 N–H and O–H groups in total. The first kappa shape index (κ1) is 21.7. The number of hydrogen-bond donors (Lipinski definition) is 0. The number of aryl methyl sites for hydroxylation is 2. The monoisotopic (exact) mass is 451 g/mol. The number of imidazole rings is 1. The van der Waals surface area contributed by atoms with Crippen molar-refractivity contribution in [3.05, 3.63) is 79.1 Å². The summed E-state index contributed by atoms with van der Waals surface area (Å²) in [5.41, 5.74) is 6.97. The molecule has 7 nitrogen and oxygen atoms in total. The van der Waals surface area contributed by atoms with E-state index >= 15 is 0 Å². The predicted octanol–water partition coefficient (Wildman–Crippen LogP) is 5.09. The summed E-state index contributed by atoms with van der Waals surface area (Å²) >= 11 is 0. The third-order valence-electron chi connectivity index (χ3n) is 6.18. The Morgan fingerprint density at radius 1 is 0.882 bits per heavy atom. The van der Waals surface area contributed by atoms with Crippen LogP contribution in [0.5, 0.6) is 0 Å². The number of benzene rings is 3. The Morgan fingerprint density at radius 3 is 2.26 bits per heavy atom. The zero-order valence-corrected chi connectivity index (χ0v) is 20.1. The van der Waals surface area contributed by atoms with Gasteiger partial charge in [-0.3, -0.25) is 0 Å². The van der Waals surface area contributed by atoms with Crippen LogP contribution in [0.1, 0.15) is 13.8 Å². The van der Waals surface area contributed by atoms with Gasteiger partial charge in [0.05, 0.1) is 26.5 Å². The van der Waals surface area contributed by atoms with E-state index in [2.05, 4.69) is 82.1 Å². The zero-order valence-electron chi connectivity index (χ0n) is 20.1. The molecule has 0 amide bonds. The smallest absolute Gasteiger partial charge is 0.372 e. The molecule has 0 fully saturated rings. The summed E-state index contributed by atoms with van der Waals surface area (Å²) in [6.07, 6.45) is 3.92. The molecule has 7 heteroatoms. The number of azo groups is 1. The molecule has 34 heavy (non-hydrogen) atoms. The molecule has 0 spiro atoms. The molecular formula is C27H29N7+2. The van der Waals surface area contributed by atoms with Crippen LogP contribution in [0.2, 0.25) is 0 Å². The van der Waals surface area contributed by atoms with E-state index < -0.39 is 0 Å². The summed E-state index contributed by atoms with van der Waals surface area (Å²) in [5.74, 6) is 0.775. The minimum Gasteiger partial charge on any atom is -0.372 e. The number of aromatic nitrogens is 4. The van der Waals surface area contributed by atoms with Gasteiger partial charge in [0.2, 0.25) is 16.7 Å². The van der Waals surface area contributed by atoms with Crippen molar-refractivity contribution in [2.24, 2.45) is 24.3 Å². The van der Waals surface area contributed by atoms with Gasteiger partial charge in [-0.15, -0.1) is 4.57 Å². The summed E-state index contributed by atoms with van der Waals surface area (Å²) < 4.78 is 6.16. The molecule has 3 aromatic carbocycles. The molecule has 0 radical (unpaired) electrons. The van der Waals surface area contributed by atoms with E-state index in [0.717, 1.165) is 52.5 Å². The SMILES string of the molecule is CCN(CC)c1ccc2nc3ccc(N=Nc4n(C)cc[n+]4C)cc3[n+](-c3ccccc3)c2c1. The van der Waals surface area contributed by atoms with Crippen molar-refractivity contribution in [2.75, 3.05) is 18.0 Å². The molecule has 5 rings (SSSR count). The van der Waals surface area contributed by atoms with Crippen LogP contribution in [0.15, 0.2) is 89.4 Å². The van der Waals surface area contributed by atoms with Crippen molar-refractivity contribution < 1.29 is 9.13 Å². The summed E-state index contributed by atoms with van der Waals surface area (Å²) in [6.45, 7) is 6.27. The number of nitrogens with zero attached hydrogens (tertiary/aromatic N) is 7. The molecular weight excluding hydrogens is 422 g/mol. The summed E-state index contributed by atoms with van der Waals surface area (Å²) in [4.78, 5) is 7.33. The van der Waals surface area contributed by atoms with Crippen LogP contribution >= 0.6 is 0 Å². The minimum atomic E-state index is 0.775. The second-order valence-electron chi connectivity index (χ2n) is 8.32. The molecule has 2 aromatic heterocycles. The maximum absolute atomic E-state index is 4.98. The molecule has 0 saturated heterocycles. The van der Waals surface area contributed by atoms with E-state index in [1.165, 1.54) is 5.69 Å².